The highest BCUT2D eigenvalue weighted by atomic mass is 16.5. The number of para-hydroxylation sites is 1. The molecule has 1 saturated carbocycles. The Balaban J connectivity index is 1.28. The van der Waals surface area contributed by atoms with E-state index in [9.17, 15) is 4.79 Å². The number of nitrogens with one attached hydrogen (secondary N) is 1. The number of rotatable bonds is 7. The van der Waals surface area contributed by atoms with Gasteiger partial charge >= 0.3 is 5.69 Å². The smallest absolute Gasteiger partial charge is 0.331 e. The van der Waals surface area contributed by atoms with Crippen molar-refractivity contribution in [3.05, 3.63) is 76.5 Å². The van der Waals surface area contributed by atoms with Crippen molar-refractivity contribution >= 4 is 5.82 Å². The Kier molecular flexibility index (Phi) is 5.76. The summed E-state index contributed by atoms with van der Waals surface area (Å²) < 4.78 is 9.70. The van der Waals surface area contributed by atoms with Crippen LogP contribution in [0.2, 0.25) is 0 Å². The fourth-order valence-electron chi connectivity index (χ4n) is 5.49. The van der Waals surface area contributed by atoms with Gasteiger partial charge in [0, 0.05) is 25.0 Å². The van der Waals surface area contributed by atoms with Gasteiger partial charge in [0.15, 0.2) is 5.82 Å². The fraction of sp³-hybridized carbons (Fsp3) is 0.393. The van der Waals surface area contributed by atoms with Crippen molar-refractivity contribution in [3.8, 4) is 23.0 Å². The number of aromatic nitrogens is 4. The van der Waals surface area contributed by atoms with Crippen LogP contribution >= 0.6 is 0 Å². The zero-order valence-corrected chi connectivity index (χ0v) is 20.1. The van der Waals surface area contributed by atoms with E-state index >= 15 is 0 Å². The molecule has 0 bridgehead atoms. The van der Waals surface area contributed by atoms with Crippen molar-refractivity contribution in [2.45, 2.75) is 70.5 Å². The number of fused-ring (bicyclic) bond motifs is 3. The van der Waals surface area contributed by atoms with Crippen LogP contribution in [0.4, 0.5) is 5.82 Å². The third kappa shape index (κ3) is 4.20. The Morgan fingerprint density at radius 2 is 1.83 bits per heavy atom. The van der Waals surface area contributed by atoms with Crippen molar-refractivity contribution in [1.82, 2.24) is 19.1 Å². The molecule has 0 radical (unpaired) electrons. The van der Waals surface area contributed by atoms with Crippen molar-refractivity contribution in [1.29, 1.82) is 0 Å². The van der Waals surface area contributed by atoms with E-state index in [4.69, 9.17) is 14.7 Å². The molecule has 1 aliphatic carbocycles. The molecule has 4 aliphatic rings. The van der Waals surface area contributed by atoms with Crippen molar-refractivity contribution in [2.24, 2.45) is 0 Å². The normalized spacial score (nSPS) is 17.6. The molecule has 2 aromatic rings. The van der Waals surface area contributed by atoms with Crippen LogP contribution < -0.4 is 15.7 Å². The molecule has 1 unspecified atom stereocenters. The summed E-state index contributed by atoms with van der Waals surface area (Å²) >= 11 is 0. The van der Waals surface area contributed by atoms with E-state index in [-0.39, 0.29) is 11.7 Å². The SMILES string of the molecule is CCCn1c2nc(C3CCCC3)nc-2c2n(c1=O)CC(Cc1cccc(Oc3ccccc3)c1)N2. The maximum Gasteiger partial charge on any atom is 0.331 e. The first-order chi connectivity index (χ1) is 17.2. The van der Waals surface area contributed by atoms with Gasteiger partial charge < -0.3 is 10.1 Å². The zero-order chi connectivity index (χ0) is 23.8. The van der Waals surface area contributed by atoms with Crippen LogP contribution in [0.15, 0.2) is 59.4 Å². The van der Waals surface area contributed by atoms with Gasteiger partial charge in [-0.2, -0.15) is 0 Å². The molecule has 3 aliphatic heterocycles. The van der Waals surface area contributed by atoms with E-state index in [0.717, 1.165) is 65.9 Å². The van der Waals surface area contributed by atoms with E-state index in [0.29, 0.717) is 19.0 Å². The fourth-order valence-corrected chi connectivity index (χ4v) is 5.49. The largest absolute Gasteiger partial charge is 0.457 e. The average Bonchev–Trinajstić information content (AvgIpc) is 3.62. The van der Waals surface area contributed by atoms with Gasteiger partial charge in [-0.05, 0) is 55.5 Å². The zero-order valence-electron chi connectivity index (χ0n) is 20.1. The number of anilines is 1. The van der Waals surface area contributed by atoms with Gasteiger partial charge in [-0.3, -0.25) is 9.13 Å². The summed E-state index contributed by atoms with van der Waals surface area (Å²) in [6.45, 7) is 3.36. The lowest BCUT2D eigenvalue weighted by Gasteiger charge is -2.13. The lowest BCUT2D eigenvalue weighted by molar-refractivity contribution is 0.481. The lowest BCUT2D eigenvalue weighted by Crippen LogP contribution is -2.32. The number of hydrogen-bond donors (Lipinski definition) is 1. The van der Waals surface area contributed by atoms with Crippen LogP contribution in [0.25, 0.3) is 11.5 Å². The first-order valence-corrected chi connectivity index (χ1v) is 12.8. The Morgan fingerprint density at radius 3 is 2.63 bits per heavy atom. The molecule has 0 spiro atoms. The summed E-state index contributed by atoms with van der Waals surface area (Å²) in [5, 5.41) is 3.62. The van der Waals surface area contributed by atoms with Crippen LogP contribution in [-0.4, -0.2) is 25.1 Å². The molecule has 7 nitrogen and oxygen atoms in total. The Hall–Kier alpha value is -3.61. The molecule has 180 valence electrons. The minimum Gasteiger partial charge on any atom is -0.457 e. The molecule has 1 fully saturated rings. The number of nitrogens with zero attached hydrogens (tertiary/aromatic N) is 4. The monoisotopic (exact) mass is 469 g/mol. The van der Waals surface area contributed by atoms with E-state index in [1.165, 1.54) is 12.8 Å². The van der Waals surface area contributed by atoms with E-state index in [1.807, 2.05) is 51.6 Å². The third-order valence-electron chi connectivity index (χ3n) is 7.14. The number of benzene rings is 2. The molecule has 1 atom stereocenters. The van der Waals surface area contributed by atoms with Gasteiger partial charge in [-0.25, -0.2) is 14.8 Å². The molecule has 7 heteroatoms. The first kappa shape index (κ1) is 21.9. The van der Waals surface area contributed by atoms with Gasteiger partial charge in [-0.15, -0.1) is 0 Å². The second-order valence-corrected chi connectivity index (χ2v) is 9.74. The van der Waals surface area contributed by atoms with Crippen LogP contribution in [0, 0.1) is 0 Å². The number of hydrogen-bond acceptors (Lipinski definition) is 5. The van der Waals surface area contributed by atoms with Gasteiger partial charge in [0.1, 0.15) is 28.8 Å². The topological polar surface area (TPSA) is 74.0 Å². The maximum absolute atomic E-state index is 13.4. The highest BCUT2D eigenvalue weighted by molar-refractivity contribution is 5.70. The minimum absolute atomic E-state index is 0.00313. The molecule has 35 heavy (non-hydrogen) atoms. The second kappa shape index (κ2) is 9.21. The van der Waals surface area contributed by atoms with E-state index in [2.05, 4.69) is 24.4 Å². The van der Waals surface area contributed by atoms with Crippen molar-refractivity contribution in [3.63, 3.8) is 0 Å². The van der Waals surface area contributed by atoms with Crippen LogP contribution in [0.5, 0.6) is 11.5 Å². The summed E-state index contributed by atoms with van der Waals surface area (Å²) in [5.74, 6) is 4.50. The Bertz CT molecular complexity index is 1350. The quantitative estimate of drug-likeness (QED) is 0.390. The van der Waals surface area contributed by atoms with E-state index < -0.39 is 0 Å². The molecular weight excluding hydrogens is 438 g/mol. The minimum atomic E-state index is 0.00313. The highest BCUT2D eigenvalue weighted by Gasteiger charge is 2.33. The molecule has 0 saturated heterocycles. The predicted octanol–water partition coefficient (Wildman–Crippen LogP) is 5.44. The van der Waals surface area contributed by atoms with Crippen LogP contribution in [0.3, 0.4) is 0 Å². The van der Waals surface area contributed by atoms with Gasteiger partial charge in [0.2, 0.25) is 0 Å². The van der Waals surface area contributed by atoms with Gasteiger partial charge in [0.05, 0.1) is 0 Å². The first-order valence-electron chi connectivity index (χ1n) is 12.8. The predicted molar refractivity (Wildman–Crippen MR) is 136 cm³/mol. The molecule has 2 aromatic carbocycles. The maximum atomic E-state index is 13.4. The highest BCUT2D eigenvalue weighted by Crippen LogP contribution is 2.37. The summed E-state index contributed by atoms with van der Waals surface area (Å²) in [6.07, 6.45) is 6.41. The Labute approximate surface area is 205 Å². The number of ether oxygens (including phenoxy) is 1. The Morgan fingerprint density at radius 1 is 1.03 bits per heavy atom. The summed E-state index contributed by atoms with van der Waals surface area (Å²) in [7, 11) is 0. The summed E-state index contributed by atoms with van der Waals surface area (Å²) in [5.41, 5.74) is 2.00. The van der Waals surface area contributed by atoms with Crippen molar-refractivity contribution < 1.29 is 4.74 Å². The summed E-state index contributed by atoms with van der Waals surface area (Å²) in [6, 6.07) is 18.1. The molecule has 6 rings (SSSR count). The average molecular weight is 470 g/mol. The third-order valence-corrected chi connectivity index (χ3v) is 7.14. The number of imidazole rings is 1. The van der Waals surface area contributed by atoms with Crippen LogP contribution in [0.1, 0.15) is 56.3 Å². The van der Waals surface area contributed by atoms with Crippen LogP contribution in [-0.2, 0) is 19.5 Å². The molecule has 3 heterocycles. The second-order valence-electron chi connectivity index (χ2n) is 9.74. The standard InChI is InChI=1S/C28H31N5O2/c1-2-15-32-27-24(30-25(31-27)20-10-6-7-11-20)26-29-21(18-33(26)28(32)34)16-19-9-8-14-23(17-19)35-22-12-4-3-5-13-22/h3-5,8-9,12-14,17,20-21,29H,2,6-7,10-11,15-16,18H2,1H3. The molecule has 1 N–H and O–H groups in total. The summed E-state index contributed by atoms with van der Waals surface area (Å²) in [4.78, 5) is 23.3. The van der Waals surface area contributed by atoms with E-state index in [1.54, 1.807) is 0 Å². The van der Waals surface area contributed by atoms with Gasteiger partial charge in [-0.1, -0.05) is 50.1 Å². The van der Waals surface area contributed by atoms with Crippen molar-refractivity contribution in [2.75, 3.05) is 5.32 Å². The molecular formula is C28H31N5O2. The molecule has 0 aromatic heterocycles. The lowest BCUT2D eigenvalue weighted by atomic mass is 10.1. The van der Waals surface area contributed by atoms with Gasteiger partial charge in [0.25, 0.3) is 0 Å². The molecule has 0 amide bonds.